The number of hydrogen-bond donors (Lipinski definition) is 2. The minimum absolute atomic E-state index is 0.0135. The minimum Gasteiger partial charge on any atom is -0.481 e. The fourth-order valence-electron chi connectivity index (χ4n) is 5.80. The molecule has 0 spiro atoms. The topological polar surface area (TPSA) is 70.0 Å². The molecule has 1 heterocycles. The van der Waals surface area contributed by atoms with Gasteiger partial charge in [-0.1, -0.05) is 73.2 Å². The Kier molecular flexibility index (Phi) is 10.1. The molecule has 2 aliphatic rings. The number of carboxylic acid groups (broad SMARTS) is 1. The molecule has 36 heavy (non-hydrogen) atoms. The second-order valence-electron chi connectivity index (χ2n) is 10.4. The normalized spacial score (nSPS) is 24.9. The summed E-state index contributed by atoms with van der Waals surface area (Å²) in [6, 6.07) is 19.3. The van der Waals surface area contributed by atoms with E-state index in [9.17, 15) is 9.90 Å². The van der Waals surface area contributed by atoms with Gasteiger partial charge in [0.2, 0.25) is 0 Å². The fourth-order valence-corrected chi connectivity index (χ4v) is 5.80. The lowest BCUT2D eigenvalue weighted by molar-refractivity contribution is -0.137. The van der Waals surface area contributed by atoms with Gasteiger partial charge in [0.05, 0.1) is 18.8 Å². The number of aliphatic hydroxyl groups excluding tert-OH is 1. The summed E-state index contributed by atoms with van der Waals surface area (Å²) in [5.41, 5.74) is 3.76. The van der Waals surface area contributed by atoms with Gasteiger partial charge in [-0.2, -0.15) is 0 Å². The maximum absolute atomic E-state index is 11.0. The van der Waals surface area contributed by atoms with Crippen LogP contribution in [0.1, 0.15) is 68.1 Å². The second-order valence-corrected chi connectivity index (χ2v) is 10.4. The first-order chi connectivity index (χ1) is 17.6. The van der Waals surface area contributed by atoms with Crippen LogP contribution in [0.3, 0.4) is 0 Å². The van der Waals surface area contributed by atoms with Crippen LogP contribution in [0.2, 0.25) is 0 Å². The molecule has 0 radical (unpaired) electrons. The molecule has 1 aliphatic carbocycles. The fraction of sp³-hybridized carbons (Fsp3) is 0.516. The number of carboxylic acids is 1. The summed E-state index contributed by atoms with van der Waals surface area (Å²) < 4.78 is 6.46. The molecule has 0 amide bonds. The van der Waals surface area contributed by atoms with Crippen LogP contribution < -0.4 is 0 Å². The SMILES string of the molecule is O=C(O)CCC/C=C/CC1C(OCc2ccc(Cc3ccccc3)cc2)CC(O)C1N1CCCCC1. The number of allylic oxidation sites excluding steroid dienone is 2. The zero-order valence-corrected chi connectivity index (χ0v) is 21.3. The Morgan fingerprint density at radius 3 is 2.36 bits per heavy atom. The molecular weight excluding hydrogens is 450 g/mol. The van der Waals surface area contributed by atoms with Crippen LogP contribution in [-0.2, 0) is 22.6 Å². The molecule has 4 unspecified atom stereocenters. The summed E-state index contributed by atoms with van der Waals surface area (Å²) >= 11 is 0. The average molecular weight is 492 g/mol. The van der Waals surface area contributed by atoms with E-state index in [1.54, 1.807) is 0 Å². The molecule has 0 bridgehead atoms. The van der Waals surface area contributed by atoms with E-state index in [2.05, 4.69) is 65.6 Å². The molecule has 2 fully saturated rings. The molecule has 1 aliphatic heterocycles. The number of aliphatic carboxylic acids is 1. The van der Waals surface area contributed by atoms with Gasteiger partial charge in [0.25, 0.3) is 0 Å². The highest BCUT2D eigenvalue weighted by Crippen LogP contribution is 2.37. The first-order valence-electron chi connectivity index (χ1n) is 13.6. The molecule has 0 aromatic heterocycles. The maximum Gasteiger partial charge on any atom is 0.303 e. The zero-order chi connectivity index (χ0) is 25.2. The number of ether oxygens (including phenoxy) is 1. The van der Waals surface area contributed by atoms with Gasteiger partial charge in [0, 0.05) is 24.8 Å². The van der Waals surface area contributed by atoms with Crippen molar-refractivity contribution in [2.45, 2.75) is 82.6 Å². The van der Waals surface area contributed by atoms with Gasteiger partial charge in [-0.25, -0.2) is 0 Å². The molecule has 1 saturated carbocycles. The van der Waals surface area contributed by atoms with E-state index in [1.807, 2.05) is 6.07 Å². The molecule has 5 heteroatoms. The summed E-state index contributed by atoms with van der Waals surface area (Å²) in [5.74, 6) is -0.500. The largest absolute Gasteiger partial charge is 0.481 e. The van der Waals surface area contributed by atoms with E-state index in [-0.39, 0.29) is 30.6 Å². The predicted molar refractivity (Wildman–Crippen MR) is 143 cm³/mol. The maximum atomic E-state index is 11.0. The number of likely N-dealkylation sites (tertiary alicyclic amines) is 1. The predicted octanol–water partition coefficient (Wildman–Crippen LogP) is 5.60. The summed E-state index contributed by atoms with van der Waals surface area (Å²) in [6.45, 7) is 2.65. The van der Waals surface area contributed by atoms with Gasteiger partial charge < -0.3 is 14.9 Å². The molecule has 4 atom stereocenters. The molecule has 4 rings (SSSR count). The Hall–Kier alpha value is -2.47. The number of unbranched alkanes of at least 4 members (excludes halogenated alkanes) is 1. The molecule has 2 N–H and O–H groups in total. The third-order valence-corrected chi connectivity index (χ3v) is 7.67. The minimum atomic E-state index is -0.742. The lowest BCUT2D eigenvalue weighted by Gasteiger charge is -2.37. The Bertz CT molecular complexity index is 952. The first kappa shape index (κ1) is 26.6. The Morgan fingerprint density at radius 2 is 1.64 bits per heavy atom. The number of aliphatic hydroxyl groups is 1. The van der Waals surface area contributed by atoms with Crippen LogP contribution in [-0.4, -0.2) is 52.4 Å². The quantitative estimate of drug-likeness (QED) is 0.299. The lowest BCUT2D eigenvalue weighted by atomic mass is 9.93. The monoisotopic (exact) mass is 491 g/mol. The van der Waals surface area contributed by atoms with Gasteiger partial charge in [0.1, 0.15) is 0 Å². The van der Waals surface area contributed by atoms with Crippen molar-refractivity contribution < 1.29 is 19.7 Å². The van der Waals surface area contributed by atoms with Crippen LogP contribution >= 0.6 is 0 Å². The van der Waals surface area contributed by atoms with Crippen LogP contribution in [0.5, 0.6) is 0 Å². The third-order valence-electron chi connectivity index (χ3n) is 7.67. The summed E-state index contributed by atoms with van der Waals surface area (Å²) in [5, 5.41) is 19.9. The van der Waals surface area contributed by atoms with Crippen molar-refractivity contribution in [2.75, 3.05) is 13.1 Å². The molecule has 194 valence electrons. The Labute approximate surface area is 215 Å². The second kappa shape index (κ2) is 13.7. The van der Waals surface area contributed by atoms with E-state index in [4.69, 9.17) is 9.84 Å². The average Bonchev–Trinajstić information content (AvgIpc) is 3.21. The first-order valence-corrected chi connectivity index (χ1v) is 13.6. The van der Waals surface area contributed by atoms with Crippen molar-refractivity contribution in [1.29, 1.82) is 0 Å². The standard InChI is InChI=1S/C31H41NO4/c33-28-22-29(36-23-26-17-15-25(16-18-26)21-24-11-5-3-6-12-24)27(13-7-1-2-8-14-30(34)35)31(28)32-19-9-4-10-20-32/h1,3,5-7,11-12,15-18,27-29,31,33H,2,4,8-10,13-14,19-23H2,(H,34,35)/b7-1+. The number of rotatable bonds is 12. The van der Waals surface area contributed by atoms with E-state index in [0.29, 0.717) is 19.4 Å². The Balaban J connectivity index is 1.35. The third kappa shape index (κ3) is 7.76. The van der Waals surface area contributed by atoms with Gasteiger partial charge >= 0.3 is 5.97 Å². The summed E-state index contributed by atoms with van der Waals surface area (Å²) in [4.78, 5) is 13.2. The van der Waals surface area contributed by atoms with Crippen molar-refractivity contribution >= 4 is 5.97 Å². The zero-order valence-electron chi connectivity index (χ0n) is 21.3. The highest BCUT2D eigenvalue weighted by molar-refractivity contribution is 5.66. The molecule has 2 aromatic carbocycles. The number of piperidine rings is 1. The number of benzene rings is 2. The van der Waals surface area contributed by atoms with Gasteiger partial charge in [-0.3, -0.25) is 9.69 Å². The van der Waals surface area contributed by atoms with Crippen LogP contribution in [0.4, 0.5) is 0 Å². The molecule has 1 saturated heterocycles. The van der Waals surface area contributed by atoms with Gasteiger partial charge in [-0.05, 0) is 68.3 Å². The van der Waals surface area contributed by atoms with E-state index in [0.717, 1.165) is 37.9 Å². The summed E-state index contributed by atoms with van der Waals surface area (Å²) in [7, 11) is 0. The van der Waals surface area contributed by atoms with Crippen LogP contribution in [0.25, 0.3) is 0 Å². The number of hydrogen-bond acceptors (Lipinski definition) is 4. The molecular formula is C31H41NO4. The van der Waals surface area contributed by atoms with Crippen molar-refractivity contribution in [3.63, 3.8) is 0 Å². The van der Waals surface area contributed by atoms with E-state index in [1.165, 1.54) is 30.4 Å². The number of nitrogens with zero attached hydrogens (tertiary/aromatic N) is 1. The van der Waals surface area contributed by atoms with Crippen LogP contribution in [0.15, 0.2) is 66.7 Å². The van der Waals surface area contributed by atoms with Crippen molar-refractivity contribution in [3.05, 3.63) is 83.4 Å². The highest BCUT2D eigenvalue weighted by Gasteiger charge is 2.45. The van der Waals surface area contributed by atoms with Crippen LogP contribution in [0, 0.1) is 5.92 Å². The van der Waals surface area contributed by atoms with Crippen molar-refractivity contribution in [1.82, 2.24) is 4.90 Å². The lowest BCUT2D eigenvalue weighted by Crippen LogP contribution is -2.47. The van der Waals surface area contributed by atoms with Crippen molar-refractivity contribution in [2.24, 2.45) is 5.92 Å². The number of carbonyl (C=O) groups is 1. The molecule has 2 aromatic rings. The van der Waals surface area contributed by atoms with E-state index < -0.39 is 5.97 Å². The van der Waals surface area contributed by atoms with Gasteiger partial charge in [-0.15, -0.1) is 0 Å². The molecule has 5 nitrogen and oxygen atoms in total. The summed E-state index contributed by atoms with van der Waals surface area (Å²) in [6.07, 6.45) is 11.7. The Morgan fingerprint density at radius 1 is 0.944 bits per heavy atom. The van der Waals surface area contributed by atoms with Gasteiger partial charge in [0.15, 0.2) is 0 Å². The van der Waals surface area contributed by atoms with E-state index >= 15 is 0 Å². The smallest absolute Gasteiger partial charge is 0.303 e. The highest BCUT2D eigenvalue weighted by atomic mass is 16.5. The van der Waals surface area contributed by atoms with Crippen molar-refractivity contribution in [3.8, 4) is 0 Å².